The van der Waals surface area contributed by atoms with E-state index in [2.05, 4.69) is 10.3 Å². The zero-order chi connectivity index (χ0) is 17.0. The van der Waals surface area contributed by atoms with E-state index in [4.69, 9.17) is 9.15 Å². The van der Waals surface area contributed by atoms with Crippen LogP contribution in [0.4, 0.5) is 5.13 Å². The van der Waals surface area contributed by atoms with Gasteiger partial charge in [0.1, 0.15) is 11.4 Å². The molecule has 5 rings (SSSR count). The molecule has 25 heavy (non-hydrogen) atoms. The summed E-state index contributed by atoms with van der Waals surface area (Å²) in [4.78, 5) is 31.5. The SMILES string of the molecule is O=C(Nc1nccs1)[C@@H]1[C@@H]2C=C[C@@]3(CN(Cc4ccco4)C(=O)[C@H]13)O2. The number of thiazole rings is 1. The fourth-order valence-corrected chi connectivity index (χ4v) is 4.61. The molecule has 0 unspecified atom stereocenters. The van der Waals surface area contributed by atoms with Gasteiger partial charge in [0.05, 0.1) is 37.3 Å². The van der Waals surface area contributed by atoms with Crippen LogP contribution >= 0.6 is 11.3 Å². The topological polar surface area (TPSA) is 84.7 Å². The van der Waals surface area contributed by atoms with Crippen LogP contribution in [0.5, 0.6) is 0 Å². The van der Waals surface area contributed by atoms with Gasteiger partial charge in [-0.15, -0.1) is 11.3 Å². The van der Waals surface area contributed by atoms with Gasteiger partial charge in [0, 0.05) is 11.6 Å². The maximum Gasteiger partial charge on any atom is 0.233 e. The molecule has 5 heterocycles. The number of likely N-dealkylation sites (tertiary alicyclic amines) is 1. The Morgan fingerprint density at radius 2 is 2.44 bits per heavy atom. The molecular weight excluding hydrogens is 342 g/mol. The molecule has 2 fully saturated rings. The van der Waals surface area contributed by atoms with Crippen molar-refractivity contribution in [3.63, 3.8) is 0 Å². The van der Waals surface area contributed by atoms with Crippen molar-refractivity contribution < 1.29 is 18.7 Å². The Kier molecular flexibility index (Phi) is 3.13. The number of fused-ring (bicyclic) bond motifs is 1. The second-order valence-corrected chi connectivity index (χ2v) is 7.39. The molecule has 8 heteroatoms. The molecule has 0 saturated carbocycles. The van der Waals surface area contributed by atoms with Gasteiger partial charge in [0.15, 0.2) is 5.13 Å². The normalized spacial score (nSPS) is 32.4. The Morgan fingerprint density at radius 1 is 1.52 bits per heavy atom. The summed E-state index contributed by atoms with van der Waals surface area (Å²) in [6.45, 7) is 0.817. The standard InChI is InChI=1S/C17H15N3O4S/c21-14(19-16-18-5-7-25-16)12-11-3-4-17(24-11)9-20(15(22)13(12)17)8-10-2-1-6-23-10/h1-7,11-13H,8-9H2,(H,18,19,21)/t11-,12+,13-,17-/m0/s1. The summed E-state index contributed by atoms with van der Waals surface area (Å²) in [6, 6.07) is 3.63. The maximum atomic E-state index is 13.0. The third kappa shape index (κ3) is 2.17. The lowest BCUT2D eigenvalue weighted by molar-refractivity contribution is -0.136. The van der Waals surface area contributed by atoms with Gasteiger partial charge in [-0.2, -0.15) is 0 Å². The van der Waals surface area contributed by atoms with Gasteiger partial charge in [0.25, 0.3) is 0 Å². The Bertz CT molecular complexity index is 847. The van der Waals surface area contributed by atoms with Crippen LogP contribution in [0.25, 0.3) is 0 Å². The monoisotopic (exact) mass is 357 g/mol. The van der Waals surface area contributed by atoms with E-state index in [9.17, 15) is 9.59 Å². The van der Waals surface area contributed by atoms with E-state index >= 15 is 0 Å². The molecule has 128 valence electrons. The van der Waals surface area contributed by atoms with Crippen molar-refractivity contribution in [3.8, 4) is 0 Å². The Hall–Kier alpha value is -2.45. The number of hydrogen-bond acceptors (Lipinski definition) is 6. The second-order valence-electron chi connectivity index (χ2n) is 6.50. The predicted molar refractivity (Wildman–Crippen MR) is 88.6 cm³/mol. The van der Waals surface area contributed by atoms with Crippen molar-refractivity contribution >= 4 is 28.3 Å². The number of carbonyl (C=O) groups excluding carboxylic acids is 2. The number of carbonyl (C=O) groups is 2. The molecule has 2 saturated heterocycles. The Balaban J connectivity index is 1.41. The van der Waals surface area contributed by atoms with Crippen molar-refractivity contribution in [2.75, 3.05) is 11.9 Å². The molecule has 3 aliphatic rings. The molecule has 0 radical (unpaired) electrons. The van der Waals surface area contributed by atoms with Gasteiger partial charge in [-0.05, 0) is 12.1 Å². The first kappa shape index (κ1) is 14.9. The fourth-order valence-electron chi connectivity index (χ4n) is 4.08. The lowest BCUT2D eigenvalue weighted by Gasteiger charge is -2.23. The molecule has 1 N–H and O–H groups in total. The molecule has 0 aliphatic carbocycles. The highest BCUT2D eigenvalue weighted by Crippen LogP contribution is 2.52. The lowest BCUT2D eigenvalue weighted by Crippen LogP contribution is -2.41. The molecule has 3 aliphatic heterocycles. The number of anilines is 1. The molecule has 7 nitrogen and oxygen atoms in total. The minimum atomic E-state index is -0.709. The zero-order valence-corrected chi connectivity index (χ0v) is 13.9. The van der Waals surface area contributed by atoms with E-state index in [1.54, 1.807) is 28.8 Å². The Labute approximate surface area is 147 Å². The minimum Gasteiger partial charge on any atom is -0.467 e. The number of hydrogen-bond donors (Lipinski definition) is 1. The number of aromatic nitrogens is 1. The number of nitrogens with one attached hydrogen (secondary N) is 1. The highest BCUT2D eigenvalue weighted by molar-refractivity contribution is 7.13. The van der Waals surface area contributed by atoms with Gasteiger partial charge >= 0.3 is 0 Å². The van der Waals surface area contributed by atoms with Crippen LogP contribution < -0.4 is 5.32 Å². The van der Waals surface area contributed by atoms with Gasteiger partial charge in [0.2, 0.25) is 11.8 Å². The molecule has 4 atom stereocenters. The van der Waals surface area contributed by atoms with Crippen LogP contribution in [-0.2, 0) is 20.9 Å². The van der Waals surface area contributed by atoms with E-state index < -0.39 is 17.4 Å². The van der Waals surface area contributed by atoms with Crippen molar-refractivity contribution in [3.05, 3.63) is 47.9 Å². The number of amides is 2. The van der Waals surface area contributed by atoms with E-state index in [-0.39, 0.29) is 17.9 Å². The molecule has 2 aromatic rings. The number of furan rings is 1. The summed E-state index contributed by atoms with van der Waals surface area (Å²) >= 11 is 1.35. The first-order valence-corrected chi connectivity index (χ1v) is 8.93. The molecule has 2 bridgehead atoms. The summed E-state index contributed by atoms with van der Waals surface area (Å²) < 4.78 is 11.4. The number of rotatable bonds is 4. The smallest absolute Gasteiger partial charge is 0.233 e. The first-order chi connectivity index (χ1) is 12.2. The molecule has 2 amide bonds. The largest absolute Gasteiger partial charge is 0.467 e. The highest BCUT2D eigenvalue weighted by atomic mass is 32.1. The van der Waals surface area contributed by atoms with Crippen LogP contribution in [0, 0.1) is 11.8 Å². The van der Waals surface area contributed by atoms with Crippen molar-refractivity contribution in [2.45, 2.75) is 18.2 Å². The lowest BCUT2D eigenvalue weighted by atomic mass is 9.77. The maximum absolute atomic E-state index is 13.0. The molecule has 0 aromatic carbocycles. The van der Waals surface area contributed by atoms with Gasteiger partial charge in [-0.1, -0.05) is 12.2 Å². The van der Waals surface area contributed by atoms with Crippen molar-refractivity contribution in [1.82, 2.24) is 9.88 Å². The second kappa shape index (κ2) is 5.27. The summed E-state index contributed by atoms with van der Waals surface area (Å²) in [7, 11) is 0. The number of nitrogens with zero attached hydrogens (tertiary/aromatic N) is 2. The molecule has 2 aromatic heterocycles. The summed E-state index contributed by atoms with van der Waals surface area (Å²) in [5, 5.41) is 5.13. The summed E-state index contributed by atoms with van der Waals surface area (Å²) in [5.41, 5.74) is -0.709. The van der Waals surface area contributed by atoms with Crippen LogP contribution in [-0.4, -0.2) is 39.9 Å². The van der Waals surface area contributed by atoms with Crippen LogP contribution in [0.15, 0.2) is 46.5 Å². The average molecular weight is 357 g/mol. The third-order valence-corrected chi connectivity index (χ3v) is 5.76. The average Bonchev–Trinajstić information content (AvgIpc) is 3.37. The number of ether oxygens (including phenoxy) is 1. The summed E-state index contributed by atoms with van der Waals surface area (Å²) in [6.07, 6.45) is 6.69. The van der Waals surface area contributed by atoms with E-state index in [1.165, 1.54) is 11.3 Å². The highest BCUT2D eigenvalue weighted by Gasteiger charge is 2.66. The van der Waals surface area contributed by atoms with Gasteiger partial charge < -0.3 is 19.4 Å². The van der Waals surface area contributed by atoms with E-state index in [0.29, 0.717) is 24.0 Å². The Morgan fingerprint density at radius 3 is 3.20 bits per heavy atom. The third-order valence-electron chi connectivity index (χ3n) is 5.07. The van der Waals surface area contributed by atoms with E-state index in [1.807, 2.05) is 18.2 Å². The summed E-state index contributed by atoms with van der Waals surface area (Å²) in [5.74, 6) is -0.612. The molecule has 1 spiro atoms. The fraction of sp³-hybridized carbons (Fsp3) is 0.353. The van der Waals surface area contributed by atoms with E-state index in [0.717, 1.165) is 0 Å². The quantitative estimate of drug-likeness (QED) is 0.841. The van der Waals surface area contributed by atoms with Crippen LogP contribution in [0.2, 0.25) is 0 Å². The zero-order valence-electron chi connectivity index (χ0n) is 13.1. The first-order valence-electron chi connectivity index (χ1n) is 8.05. The van der Waals surface area contributed by atoms with Crippen molar-refractivity contribution in [2.24, 2.45) is 11.8 Å². The van der Waals surface area contributed by atoms with Crippen LogP contribution in [0.1, 0.15) is 5.76 Å². The minimum absolute atomic E-state index is 0.0671. The van der Waals surface area contributed by atoms with Gasteiger partial charge in [-0.25, -0.2) is 4.98 Å². The predicted octanol–water partition coefficient (Wildman–Crippen LogP) is 1.66. The van der Waals surface area contributed by atoms with Crippen molar-refractivity contribution in [1.29, 1.82) is 0 Å². The molecular formula is C17H15N3O4S. The van der Waals surface area contributed by atoms with Crippen LogP contribution in [0.3, 0.4) is 0 Å². The van der Waals surface area contributed by atoms with Gasteiger partial charge in [-0.3, -0.25) is 9.59 Å².